The van der Waals surface area contributed by atoms with Crippen LogP contribution in [0.15, 0.2) is 12.1 Å². The van der Waals surface area contributed by atoms with Crippen LogP contribution in [0.4, 0.5) is 0 Å². The Morgan fingerprint density at radius 1 is 1.41 bits per heavy atom. The Kier molecular flexibility index (Phi) is 4.95. The molecule has 0 radical (unpaired) electrons. The minimum absolute atomic E-state index is 0.244. The lowest BCUT2D eigenvalue weighted by atomic mass is 10.1. The minimum Gasteiger partial charge on any atom is -0.490 e. The molecule has 1 unspecified atom stereocenters. The summed E-state index contributed by atoms with van der Waals surface area (Å²) in [4.78, 5) is 0. The zero-order valence-corrected chi connectivity index (χ0v) is 10.4. The number of aryl methyl sites for hydroxylation is 2. The molecule has 0 fully saturated rings. The number of nitrogens with one attached hydrogen (secondary N) is 1. The van der Waals surface area contributed by atoms with Gasteiger partial charge in [-0.05, 0) is 44.2 Å². The molecular formula is C13H18N2O2. The molecule has 0 aliphatic carbocycles. The molecule has 0 aromatic heterocycles. The van der Waals surface area contributed by atoms with E-state index in [2.05, 4.69) is 11.4 Å². The Hall–Kier alpha value is -1.57. The SMILES string of the molecule is CNCC(O)COc1c(C)cc(C#N)cc1C. The Labute approximate surface area is 102 Å². The van der Waals surface area contributed by atoms with Gasteiger partial charge in [0, 0.05) is 6.54 Å². The quantitative estimate of drug-likeness (QED) is 0.801. The summed E-state index contributed by atoms with van der Waals surface area (Å²) in [6.45, 7) is 4.53. The van der Waals surface area contributed by atoms with Crippen molar-refractivity contribution in [2.75, 3.05) is 20.2 Å². The van der Waals surface area contributed by atoms with Gasteiger partial charge in [0.15, 0.2) is 0 Å². The summed E-state index contributed by atoms with van der Waals surface area (Å²) in [5, 5.41) is 21.3. The van der Waals surface area contributed by atoms with Crippen molar-refractivity contribution in [1.29, 1.82) is 5.26 Å². The van der Waals surface area contributed by atoms with E-state index in [0.717, 1.165) is 16.9 Å². The maximum atomic E-state index is 9.55. The topological polar surface area (TPSA) is 65.3 Å². The van der Waals surface area contributed by atoms with Gasteiger partial charge in [-0.2, -0.15) is 5.26 Å². The van der Waals surface area contributed by atoms with Gasteiger partial charge in [0.25, 0.3) is 0 Å². The second-order valence-corrected chi connectivity index (χ2v) is 4.07. The van der Waals surface area contributed by atoms with Crippen LogP contribution in [0.2, 0.25) is 0 Å². The van der Waals surface area contributed by atoms with Crippen LogP contribution in [-0.4, -0.2) is 31.4 Å². The van der Waals surface area contributed by atoms with Crippen LogP contribution in [0.1, 0.15) is 16.7 Å². The summed E-state index contributed by atoms with van der Waals surface area (Å²) in [5.74, 6) is 0.749. The first-order valence-electron chi connectivity index (χ1n) is 5.55. The van der Waals surface area contributed by atoms with Gasteiger partial charge in [0.05, 0.1) is 11.6 Å². The summed E-state index contributed by atoms with van der Waals surface area (Å²) in [6, 6.07) is 5.68. The van der Waals surface area contributed by atoms with Crippen LogP contribution in [0, 0.1) is 25.2 Å². The molecule has 0 amide bonds. The van der Waals surface area contributed by atoms with E-state index in [-0.39, 0.29) is 6.61 Å². The lowest BCUT2D eigenvalue weighted by Crippen LogP contribution is -2.29. The molecular weight excluding hydrogens is 216 g/mol. The lowest BCUT2D eigenvalue weighted by Gasteiger charge is -2.15. The van der Waals surface area contributed by atoms with E-state index in [1.165, 1.54) is 0 Å². The van der Waals surface area contributed by atoms with E-state index in [1.54, 1.807) is 19.2 Å². The van der Waals surface area contributed by atoms with Gasteiger partial charge in [-0.25, -0.2) is 0 Å². The highest BCUT2D eigenvalue weighted by molar-refractivity contribution is 5.47. The lowest BCUT2D eigenvalue weighted by molar-refractivity contribution is 0.107. The summed E-state index contributed by atoms with van der Waals surface area (Å²) in [5.41, 5.74) is 2.46. The molecule has 0 aliphatic rings. The van der Waals surface area contributed by atoms with Gasteiger partial charge in [0.1, 0.15) is 18.5 Å². The third kappa shape index (κ3) is 3.74. The maximum absolute atomic E-state index is 9.55. The van der Waals surface area contributed by atoms with E-state index >= 15 is 0 Å². The fraction of sp³-hybridized carbons (Fsp3) is 0.462. The van der Waals surface area contributed by atoms with Crippen LogP contribution in [0.5, 0.6) is 5.75 Å². The maximum Gasteiger partial charge on any atom is 0.125 e. The Bertz CT molecular complexity index is 401. The van der Waals surface area contributed by atoms with E-state index in [0.29, 0.717) is 12.1 Å². The van der Waals surface area contributed by atoms with Crippen LogP contribution in [0.25, 0.3) is 0 Å². The van der Waals surface area contributed by atoms with Gasteiger partial charge in [-0.3, -0.25) is 0 Å². The Morgan fingerprint density at radius 3 is 2.47 bits per heavy atom. The fourth-order valence-corrected chi connectivity index (χ4v) is 1.72. The summed E-state index contributed by atoms with van der Waals surface area (Å²) in [7, 11) is 1.78. The zero-order chi connectivity index (χ0) is 12.8. The third-order valence-corrected chi connectivity index (χ3v) is 2.45. The predicted molar refractivity (Wildman–Crippen MR) is 66.1 cm³/mol. The van der Waals surface area contributed by atoms with Crippen molar-refractivity contribution in [3.05, 3.63) is 28.8 Å². The Morgan fingerprint density at radius 2 is 2.00 bits per heavy atom. The van der Waals surface area contributed by atoms with E-state index in [4.69, 9.17) is 10.00 Å². The number of aliphatic hydroxyl groups is 1. The molecule has 0 saturated carbocycles. The van der Waals surface area contributed by atoms with Crippen molar-refractivity contribution in [3.63, 3.8) is 0 Å². The number of nitriles is 1. The van der Waals surface area contributed by atoms with E-state index in [9.17, 15) is 5.11 Å². The van der Waals surface area contributed by atoms with Crippen LogP contribution in [-0.2, 0) is 0 Å². The molecule has 2 N–H and O–H groups in total. The highest BCUT2D eigenvalue weighted by Gasteiger charge is 2.09. The normalized spacial score (nSPS) is 11.9. The number of ether oxygens (including phenoxy) is 1. The standard InChI is InChI=1S/C13H18N2O2/c1-9-4-11(6-14)5-10(2)13(9)17-8-12(16)7-15-3/h4-5,12,15-16H,7-8H2,1-3H3. The smallest absolute Gasteiger partial charge is 0.125 e. The number of rotatable bonds is 5. The monoisotopic (exact) mass is 234 g/mol. The number of hydrogen-bond acceptors (Lipinski definition) is 4. The van der Waals surface area contributed by atoms with Crippen LogP contribution < -0.4 is 10.1 Å². The summed E-state index contributed by atoms with van der Waals surface area (Å²) in [6.07, 6.45) is -0.533. The molecule has 0 spiro atoms. The molecule has 0 bridgehead atoms. The minimum atomic E-state index is -0.533. The zero-order valence-electron chi connectivity index (χ0n) is 10.4. The second-order valence-electron chi connectivity index (χ2n) is 4.07. The van der Waals surface area contributed by atoms with Crippen molar-refractivity contribution in [2.45, 2.75) is 20.0 Å². The molecule has 4 nitrogen and oxygen atoms in total. The Balaban J connectivity index is 2.75. The average Bonchev–Trinajstić information content (AvgIpc) is 2.28. The first-order valence-corrected chi connectivity index (χ1v) is 5.55. The van der Waals surface area contributed by atoms with Gasteiger partial charge < -0.3 is 15.2 Å². The molecule has 0 aliphatic heterocycles. The molecule has 92 valence electrons. The van der Waals surface area contributed by atoms with Crippen LogP contribution in [0.3, 0.4) is 0 Å². The largest absolute Gasteiger partial charge is 0.490 e. The average molecular weight is 234 g/mol. The number of nitrogens with zero attached hydrogens (tertiary/aromatic N) is 1. The molecule has 1 rings (SSSR count). The van der Waals surface area contributed by atoms with Crippen molar-refractivity contribution < 1.29 is 9.84 Å². The van der Waals surface area contributed by atoms with Crippen molar-refractivity contribution >= 4 is 0 Å². The fourth-order valence-electron chi connectivity index (χ4n) is 1.72. The highest BCUT2D eigenvalue weighted by Crippen LogP contribution is 2.24. The van der Waals surface area contributed by atoms with Crippen molar-refractivity contribution in [1.82, 2.24) is 5.32 Å². The molecule has 4 heteroatoms. The number of hydrogen-bond donors (Lipinski definition) is 2. The summed E-state index contributed by atoms with van der Waals surface area (Å²) >= 11 is 0. The van der Waals surface area contributed by atoms with Gasteiger partial charge in [-0.1, -0.05) is 0 Å². The molecule has 17 heavy (non-hydrogen) atoms. The predicted octanol–water partition coefficient (Wildman–Crippen LogP) is 1.13. The van der Waals surface area contributed by atoms with Gasteiger partial charge >= 0.3 is 0 Å². The second kappa shape index (κ2) is 6.24. The van der Waals surface area contributed by atoms with Crippen molar-refractivity contribution in [2.24, 2.45) is 0 Å². The van der Waals surface area contributed by atoms with E-state index < -0.39 is 6.10 Å². The molecule has 1 aromatic rings. The third-order valence-electron chi connectivity index (χ3n) is 2.45. The van der Waals surface area contributed by atoms with Gasteiger partial charge in [-0.15, -0.1) is 0 Å². The van der Waals surface area contributed by atoms with Gasteiger partial charge in [0.2, 0.25) is 0 Å². The number of benzene rings is 1. The van der Waals surface area contributed by atoms with Crippen molar-refractivity contribution in [3.8, 4) is 11.8 Å². The number of likely N-dealkylation sites (N-methyl/N-ethyl adjacent to an activating group) is 1. The number of aliphatic hydroxyl groups excluding tert-OH is 1. The molecule has 0 saturated heterocycles. The summed E-state index contributed by atoms with van der Waals surface area (Å²) < 4.78 is 5.58. The highest BCUT2D eigenvalue weighted by atomic mass is 16.5. The van der Waals surface area contributed by atoms with E-state index in [1.807, 2.05) is 13.8 Å². The molecule has 1 aromatic carbocycles. The molecule has 0 heterocycles. The first-order chi connectivity index (χ1) is 8.08. The van der Waals surface area contributed by atoms with Crippen LogP contribution >= 0.6 is 0 Å². The molecule has 1 atom stereocenters. The first kappa shape index (κ1) is 13.5.